The van der Waals surface area contributed by atoms with Crippen molar-refractivity contribution in [2.45, 2.75) is 56.1 Å². The van der Waals surface area contributed by atoms with Crippen molar-refractivity contribution >= 4 is 21.7 Å². The van der Waals surface area contributed by atoms with E-state index in [1.54, 1.807) is 47.4 Å². The smallest absolute Gasteiger partial charge is 0.248 e. The van der Waals surface area contributed by atoms with Gasteiger partial charge in [0.05, 0.1) is 23.1 Å². The number of carbonyl (C=O) groups excluding carboxylic acids is 2. The van der Waals surface area contributed by atoms with E-state index >= 15 is 0 Å². The highest BCUT2D eigenvalue weighted by atomic mass is 32.2. The third kappa shape index (κ3) is 7.51. The molecule has 12 heteroatoms. The van der Waals surface area contributed by atoms with Crippen LogP contribution in [-0.4, -0.2) is 74.9 Å². The van der Waals surface area contributed by atoms with Crippen LogP contribution in [-0.2, 0) is 32.6 Å². The molecule has 0 bridgehead atoms. The van der Waals surface area contributed by atoms with Crippen molar-refractivity contribution in [3.05, 3.63) is 59.2 Å². The number of rotatable bonds is 9. The lowest BCUT2D eigenvalue weighted by Gasteiger charge is -2.35. The Kier molecular flexibility index (Phi) is 8.77. The first-order valence-electron chi connectivity index (χ1n) is 14.5. The minimum absolute atomic E-state index is 0.102. The molecule has 0 radical (unpaired) electrons. The molecular formula is C31H36F2N4O5S. The van der Waals surface area contributed by atoms with Gasteiger partial charge < -0.3 is 15.0 Å². The number of hydrogen-bond donors (Lipinski definition) is 1. The molecule has 43 heavy (non-hydrogen) atoms. The van der Waals surface area contributed by atoms with Crippen molar-refractivity contribution in [2.24, 2.45) is 11.3 Å². The molecule has 2 aromatic rings. The second kappa shape index (κ2) is 12.2. The van der Waals surface area contributed by atoms with E-state index in [0.717, 1.165) is 17.4 Å². The van der Waals surface area contributed by atoms with Crippen LogP contribution in [0.25, 0.3) is 0 Å². The zero-order valence-electron chi connectivity index (χ0n) is 24.2. The number of benzene rings is 2. The molecule has 230 valence electrons. The Hall–Kier alpha value is -3.56. The third-order valence-corrected chi connectivity index (χ3v) is 10.1. The summed E-state index contributed by atoms with van der Waals surface area (Å²) >= 11 is 0. The molecule has 2 amide bonds. The Morgan fingerprint density at radius 3 is 2.35 bits per heavy atom. The molecule has 0 aromatic heterocycles. The number of ether oxygens (including phenoxy) is 1. The summed E-state index contributed by atoms with van der Waals surface area (Å²) in [4.78, 5) is 29.5. The Morgan fingerprint density at radius 2 is 1.72 bits per heavy atom. The van der Waals surface area contributed by atoms with Gasteiger partial charge >= 0.3 is 0 Å². The van der Waals surface area contributed by atoms with Gasteiger partial charge in [0.2, 0.25) is 17.7 Å². The number of hydrogen-bond acceptors (Lipinski definition) is 7. The highest BCUT2D eigenvalue weighted by Crippen LogP contribution is 2.63. The fourth-order valence-corrected chi connectivity index (χ4v) is 6.72. The molecule has 2 saturated carbocycles. The number of nitriles is 1. The second-order valence-corrected chi connectivity index (χ2v) is 14.0. The SMILES string of the molecule is CS(=O)(=O)c1ccc(COc2ccc(C#N)cc2CN2CCN(C(=O)CNC(=O)C3CC34CCC(F)(F)CC4)CC2)cc1. The van der Waals surface area contributed by atoms with E-state index in [4.69, 9.17) is 4.74 Å². The third-order valence-electron chi connectivity index (χ3n) is 8.95. The maximum atomic E-state index is 13.5. The largest absolute Gasteiger partial charge is 0.489 e. The van der Waals surface area contributed by atoms with Crippen LogP contribution in [0.5, 0.6) is 5.75 Å². The first kappa shape index (κ1) is 30.9. The molecule has 1 aliphatic heterocycles. The molecule has 1 saturated heterocycles. The molecule has 5 rings (SSSR count). The van der Waals surface area contributed by atoms with Crippen LogP contribution in [0, 0.1) is 22.7 Å². The monoisotopic (exact) mass is 614 g/mol. The highest BCUT2D eigenvalue weighted by molar-refractivity contribution is 7.90. The van der Waals surface area contributed by atoms with Crippen LogP contribution in [0.3, 0.4) is 0 Å². The fraction of sp³-hybridized carbons (Fsp3) is 0.516. The number of piperazine rings is 1. The van der Waals surface area contributed by atoms with E-state index in [1.807, 2.05) is 0 Å². The average molecular weight is 615 g/mol. The summed E-state index contributed by atoms with van der Waals surface area (Å²) in [5, 5.41) is 12.2. The molecular weight excluding hydrogens is 578 g/mol. The minimum Gasteiger partial charge on any atom is -0.489 e. The van der Waals surface area contributed by atoms with Gasteiger partial charge in [-0.3, -0.25) is 14.5 Å². The molecule has 3 aliphatic rings. The number of amides is 2. The topological polar surface area (TPSA) is 120 Å². The summed E-state index contributed by atoms with van der Waals surface area (Å²) in [6.07, 6.45) is 2.15. The summed E-state index contributed by atoms with van der Waals surface area (Å²) in [7, 11) is -3.28. The molecule has 1 spiro atoms. The number of halogens is 2. The first-order valence-corrected chi connectivity index (χ1v) is 16.4. The van der Waals surface area contributed by atoms with Crippen LogP contribution in [0.15, 0.2) is 47.4 Å². The predicted octanol–water partition coefficient (Wildman–Crippen LogP) is 3.52. The summed E-state index contributed by atoms with van der Waals surface area (Å²) in [6, 6.07) is 13.9. The van der Waals surface area contributed by atoms with Crippen molar-refractivity contribution in [3.8, 4) is 11.8 Å². The molecule has 9 nitrogen and oxygen atoms in total. The van der Waals surface area contributed by atoms with Crippen molar-refractivity contribution in [3.63, 3.8) is 0 Å². The van der Waals surface area contributed by atoms with Gasteiger partial charge in [0.15, 0.2) is 9.84 Å². The Morgan fingerprint density at radius 1 is 1.05 bits per heavy atom. The van der Waals surface area contributed by atoms with Crippen molar-refractivity contribution in [1.29, 1.82) is 5.26 Å². The lowest BCUT2D eigenvalue weighted by molar-refractivity contribution is -0.135. The molecule has 2 aromatic carbocycles. The summed E-state index contributed by atoms with van der Waals surface area (Å²) in [6.45, 7) is 2.81. The number of nitrogens with one attached hydrogen (secondary N) is 1. The van der Waals surface area contributed by atoms with E-state index < -0.39 is 15.8 Å². The molecule has 1 unspecified atom stereocenters. The van der Waals surface area contributed by atoms with E-state index in [1.165, 1.54) is 0 Å². The van der Waals surface area contributed by atoms with Crippen molar-refractivity contribution < 1.29 is 31.5 Å². The first-order chi connectivity index (χ1) is 20.4. The van der Waals surface area contributed by atoms with Gasteiger partial charge in [0.25, 0.3) is 0 Å². The Bertz CT molecular complexity index is 1510. The van der Waals surface area contributed by atoms with Crippen LogP contribution < -0.4 is 10.1 Å². The zero-order valence-corrected chi connectivity index (χ0v) is 25.0. The van der Waals surface area contributed by atoms with Crippen molar-refractivity contribution in [1.82, 2.24) is 15.1 Å². The maximum Gasteiger partial charge on any atom is 0.248 e. The van der Waals surface area contributed by atoms with Gasteiger partial charge in [0, 0.05) is 63.3 Å². The molecule has 1 N–H and O–H groups in total. The van der Waals surface area contributed by atoms with E-state index in [2.05, 4.69) is 16.3 Å². The zero-order chi connectivity index (χ0) is 30.8. The lowest BCUT2D eigenvalue weighted by Crippen LogP contribution is -2.51. The Labute approximate surface area is 250 Å². The van der Waals surface area contributed by atoms with E-state index in [-0.39, 0.29) is 54.0 Å². The number of sulfone groups is 1. The van der Waals surface area contributed by atoms with Gasteiger partial charge in [-0.05, 0) is 60.6 Å². The van der Waals surface area contributed by atoms with Crippen LogP contribution in [0.4, 0.5) is 8.78 Å². The summed E-state index contributed by atoms with van der Waals surface area (Å²) in [5.74, 6) is -2.67. The van der Waals surface area contributed by atoms with Crippen LogP contribution in [0.2, 0.25) is 0 Å². The second-order valence-electron chi connectivity index (χ2n) is 12.0. The molecule has 1 heterocycles. The number of nitrogens with zero attached hydrogens (tertiary/aromatic N) is 3. The summed E-state index contributed by atoms with van der Waals surface area (Å²) in [5.41, 5.74) is 1.83. The molecule has 1 atom stereocenters. The summed E-state index contributed by atoms with van der Waals surface area (Å²) < 4.78 is 56.5. The van der Waals surface area contributed by atoms with Gasteiger partial charge in [-0.25, -0.2) is 17.2 Å². The van der Waals surface area contributed by atoms with Gasteiger partial charge in [-0.15, -0.1) is 0 Å². The Balaban J connectivity index is 1.09. The van der Waals surface area contributed by atoms with Gasteiger partial charge in [-0.2, -0.15) is 5.26 Å². The highest BCUT2D eigenvalue weighted by Gasteiger charge is 2.60. The maximum absolute atomic E-state index is 13.5. The van der Waals surface area contributed by atoms with E-state index in [0.29, 0.717) is 63.3 Å². The lowest BCUT2D eigenvalue weighted by atomic mass is 9.82. The predicted molar refractivity (Wildman–Crippen MR) is 154 cm³/mol. The van der Waals surface area contributed by atoms with E-state index in [9.17, 15) is 32.0 Å². The standard InChI is InChI=1S/C31H36F2N4O5S/c1-43(40,41)25-5-2-22(3-6-25)21-42-27-7-4-23(18-34)16-24(27)20-36-12-14-37(15-13-36)28(38)19-35-29(39)26-17-30(26)8-10-31(32,33)11-9-30/h2-7,16,26H,8-15,17,19-21H2,1H3,(H,35,39). The molecule has 3 fully saturated rings. The normalized spacial score (nSPS) is 21.2. The van der Waals surface area contributed by atoms with Crippen LogP contribution >= 0.6 is 0 Å². The quantitative estimate of drug-likeness (QED) is 0.459. The number of carbonyl (C=O) groups is 2. The van der Waals surface area contributed by atoms with Crippen LogP contribution in [0.1, 0.15) is 48.8 Å². The fourth-order valence-electron chi connectivity index (χ4n) is 6.09. The average Bonchev–Trinajstić information content (AvgIpc) is 3.71. The van der Waals surface area contributed by atoms with Crippen molar-refractivity contribution in [2.75, 3.05) is 39.0 Å². The minimum atomic E-state index is -3.28. The molecule has 2 aliphatic carbocycles. The van der Waals surface area contributed by atoms with Gasteiger partial charge in [0.1, 0.15) is 12.4 Å². The number of alkyl halides is 2. The van der Waals surface area contributed by atoms with Gasteiger partial charge in [-0.1, -0.05) is 12.1 Å².